The van der Waals surface area contributed by atoms with E-state index < -0.39 is 34.4 Å². The molecule has 35 heavy (non-hydrogen) atoms. The first-order valence-corrected chi connectivity index (χ1v) is 12.6. The molecule has 0 bridgehead atoms. The minimum absolute atomic E-state index is 0.0833. The Morgan fingerprint density at radius 2 is 1.83 bits per heavy atom. The minimum Gasteiger partial charge on any atom is -0.406 e. The average molecular weight is 532 g/mol. The van der Waals surface area contributed by atoms with E-state index in [2.05, 4.69) is 4.74 Å². The Balaban J connectivity index is 1.83. The second-order valence-electron chi connectivity index (χ2n) is 8.09. The van der Waals surface area contributed by atoms with Gasteiger partial charge in [0.25, 0.3) is 10.1 Å². The maximum atomic E-state index is 13.2. The number of hydrogen-bond acceptors (Lipinski definition) is 7. The molecular weight excluding hydrogens is 507 g/mol. The van der Waals surface area contributed by atoms with Crippen molar-refractivity contribution in [2.24, 2.45) is 11.7 Å². The Bertz CT molecular complexity index is 1190. The molecule has 1 saturated heterocycles. The molecule has 2 aromatic rings. The summed E-state index contributed by atoms with van der Waals surface area (Å²) in [6, 6.07) is 11.5. The number of alkyl halides is 3. The number of ether oxygens (including phenoxy) is 1. The third-order valence-corrected chi connectivity index (χ3v) is 6.16. The van der Waals surface area contributed by atoms with Crippen LogP contribution in [0.4, 0.5) is 24.5 Å². The fourth-order valence-electron chi connectivity index (χ4n) is 3.83. The zero-order valence-electron chi connectivity index (χ0n) is 18.9. The van der Waals surface area contributed by atoms with Gasteiger partial charge >= 0.3 is 6.36 Å². The van der Waals surface area contributed by atoms with Gasteiger partial charge in [0.1, 0.15) is 12.0 Å². The maximum absolute atomic E-state index is 13.2. The highest BCUT2D eigenvalue weighted by Gasteiger charge is 2.34. The molecule has 190 valence electrons. The van der Waals surface area contributed by atoms with Crippen LogP contribution in [0.2, 0.25) is 0 Å². The normalized spacial score (nSPS) is 19.2. The summed E-state index contributed by atoms with van der Waals surface area (Å²) >= 11 is 5.14. The first-order valence-electron chi connectivity index (χ1n) is 10.4. The molecule has 1 fully saturated rings. The number of rotatable bonds is 7. The summed E-state index contributed by atoms with van der Waals surface area (Å²) in [7, 11) is -1.98. The Labute approximate surface area is 206 Å². The fourth-order valence-corrected chi connectivity index (χ4v) is 4.67. The number of halogens is 3. The van der Waals surface area contributed by atoms with Crippen molar-refractivity contribution < 1.29 is 35.3 Å². The summed E-state index contributed by atoms with van der Waals surface area (Å²) in [5.74, 6) is -1.06. The predicted octanol–water partition coefficient (Wildman–Crippen LogP) is 3.79. The van der Waals surface area contributed by atoms with Gasteiger partial charge in [-0.25, -0.2) is 0 Å². The van der Waals surface area contributed by atoms with Gasteiger partial charge in [-0.2, -0.15) is 8.42 Å². The Hall–Kier alpha value is -2.74. The number of nitrogens with zero attached hydrogens (tertiary/aromatic N) is 2. The van der Waals surface area contributed by atoms with Crippen LogP contribution < -0.4 is 15.4 Å². The third-order valence-electron chi connectivity index (χ3n) is 5.40. The number of anilines is 2. The van der Waals surface area contributed by atoms with Gasteiger partial charge in [-0.1, -0.05) is 12.1 Å². The summed E-state index contributed by atoms with van der Waals surface area (Å²) < 4.78 is 69.5. The maximum Gasteiger partial charge on any atom is 0.573 e. The van der Waals surface area contributed by atoms with Crippen molar-refractivity contribution in [1.29, 1.82) is 0 Å². The van der Waals surface area contributed by atoms with E-state index in [9.17, 15) is 26.4 Å². The lowest BCUT2D eigenvalue weighted by atomic mass is 9.88. The fraction of sp³-hybridized carbons (Fsp3) is 0.364. The van der Waals surface area contributed by atoms with Gasteiger partial charge < -0.3 is 10.5 Å². The topological polar surface area (TPSA) is 102 Å². The molecule has 1 heterocycles. The number of likely N-dealkylation sites (tertiary alicyclic amines) is 1. The molecule has 1 aliphatic rings. The number of nitrogens with two attached hydrogens (primary N) is 1. The van der Waals surface area contributed by atoms with Crippen LogP contribution in [-0.4, -0.2) is 56.7 Å². The van der Waals surface area contributed by atoms with Crippen LogP contribution in [0.5, 0.6) is 5.75 Å². The lowest BCUT2D eigenvalue weighted by Crippen LogP contribution is -2.44. The van der Waals surface area contributed by atoms with Crippen LogP contribution in [0.1, 0.15) is 23.2 Å². The van der Waals surface area contributed by atoms with Gasteiger partial charge in [-0.05, 0) is 68.5 Å². The number of piperidine rings is 1. The summed E-state index contributed by atoms with van der Waals surface area (Å²) in [6.07, 6.45) is -3.89. The zero-order valence-corrected chi connectivity index (χ0v) is 20.5. The van der Waals surface area contributed by atoms with Gasteiger partial charge in [0, 0.05) is 29.4 Å². The van der Waals surface area contributed by atoms with Crippen molar-refractivity contribution in [3.05, 3.63) is 54.1 Å². The van der Waals surface area contributed by atoms with E-state index in [1.54, 1.807) is 36.2 Å². The van der Waals surface area contributed by atoms with Crippen LogP contribution in [0.3, 0.4) is 0 Å². The van der Waals surface area contributed by atoms with Gasteiger partial charge in [0.05, 0.1) is 6.26 Å². The Morgan fingerprint density at radius 1 is 1.17 bits per heavy atom. The summed E-state index contributed by atoms with van der Waals surface area (Å²) in [5, 5.41) is -0.0833. The summed E-state index contributed by atoms with van der Waals surface area (Å²) in [6.45, 7) is 0.474. The highest BCUT2D eigenvalue weighted by molar-refractivity contribution is 7.86. The molecule has 2 aromatic carbocycles. The van der Waals surface area contributed by atoms with E-state index in [1.807, 2.05) is 0 Å². The number of carbonyl (C=O) groups is 1. The molecule has 0 aromatic heterocycles. The predicted molar refractivity (Wildman–Crippen MR) is 128 cm³/mol. The highest BCUT2D eigenvalue weighted by Crippen LogP contribution is 2.32. The largest absolute Gasteiger partial charge is 0.573 e. The van der Waals surface area contributed by atoms with E-state index in [0.29, 0.717) is 29.9 Å². The number of carbonyl (C=O) groups excluding carboxylic acids is 1. The van der Waals surface area contributed by atoms with Crippen LogP contribution >= 0.6 is 12.2 Å². The highest BCUT2D eigenvalue weighted by atomic mass is 32.2. The molecule has 1 aliphatic heterocycles. The van der Waals surface area contributed by atoms with E-state index in [1.165, 1.54) is 17.0 Å². The number of Topliss-reactive ketones (excluding diaryl/α,β-unsaturated/α-hetero) is 1. The van der Waals surface area contributed by atoms with Crippen molar-refractivity contribution in [3.8, 4) is 5.75 Å². The number of thiocarbonyl (C=S) groups is 1. The molecule has 2 atom stereocenters. The standard InChI is InChI=1S/C22H24F3N3O5S2/c1-27-11-10-15(13-19(27)33-35(2,30)31)20(29)14-4-3-5-17(12-14)28(21(26)34)16-6-8-18(9-7-16)32-22(23,24)25/h3-9,12,15,19H,10-11,13H2,1-2H3,(H2,26,34). The van der Waals surface area contributed by atoms with Gasteiger partial charge in [-0.15, -0.1) is 13.2 Å². The second kappa shape index (κ2) is 10.5. The van der Waals surface area contributed by atoms with Crippen molar-refractivity contribution in [2.75, 3.05) is 24.7 Å². The molecule has 0 radical (unpaired) electrons. The quantitative estimate of drug-likeness (QED) is 0.325. The summed E-state index contributed by atoms with van der Waals surface area (Å²) in [5.41, 5.74) is 7.05. The molecular formula is C22H24F3N3O5S2. The molecule has 2 N–H and O–H groups in total. The first kappa shape index (κ1) is 26.9. The molecule has 0 amide bonds. The SMILES string of the molecule is CN1CCC(C(=O)c2cccc(N(C(N)=S)c3ccc(OC(F)(F)F)cc3)c2)CC1OS(C)(=O)=O. The third kappa shape index (κ3) is 7.37. The molecule has 0 saturated carbocycles. The minimum atomic E-state index is -4.82. The van der Waals surface area contributed by atoms with Crippen molar-refractivity contribution in [3.63, 3.8) is 0 Å². The van der Waals surface area contributed by atoms with E-state index >= 15 is 0 Å². The van der Waals surface area contributed by atoms with Crippen molar-refractivity contribution >= 4 is 44.6 Å². The zero-order chi connectivity index (χ0) is 26.0. The number of ketones is 1. The Kier molecular flexibility index (Phi) is 8.04. The van der Waals surface area contributed by atoms with Gasteiger partial charge in [0.2, 0.25) is 0 Å². The first-order chi connectivity index (χ1) is 16.2. The monoisotopic (exact) mass is 531 g/mol. The van der Waals surface area contributed by atoms with Crippen LogP contribution in [0.25, 0.3) is 0 Å². The van der Waals surface area contributed by atoms with Crippen molar-refractivity contribution in [1.82, 2.24) is 4.90 Å². The molecule has 0 aliphatic carbocycles. The molecule has 13 heteroatoms. The molecule has 2 unspecified atom stereocenters. The number of hydrogen-bond donors (Lipinski definition) is 1. The van der Waals surface area contributed by atoms with E-state index in [4.69, 9.17) is 22.1 Å². The average Bonchev–Trinajstić information content (AvgIpc) is 2.74. The molecule has 3 rings (SSSR count). The van der Waals surface area contributed by atoms with Crippen LogP contribution in [0, 0.1) is 5.92 Å². The lowest BCUT2D eigenvalue weighted by molar-refractivity contribution is -0.274. The second-order valence-corrected chi connectivity index (χ2v) is 10.1. The molecule has 8 nitrogen and oxygen atoms in total. The lowest BCUT2D eigenvalue weighted by Gasteiger charge is -2.35. The summed E-state index contributed by atoms with van der Waals surface area (Å²) in [4.78, 5) is 16.4. The smallest absolute Gasteiger partial charge is 0.406 e. The Morgan fingerprint density at radius 3 is 2.40 bits per heavy atom. The van der Waals surface area contributed by atoms with E-state index in [0.717, 1.165) is 18.4 Å². The number of benzene rings is 2. The van der Waals surface area contributed by atoms with E-state index in [-0.39, 0.29) is 17.3 Å². The van der Waals surface area contributed by atoms with Crippen LogP contribution in [0.15, 0.2) is 48.5 Å². The van der Waals surface area contributed by atoms with Crippen LogP contribution in [-0.2, 0) is 14.3 Å². The van der Waals surface area contributed by atoms with Gasteiger partial charge in [-0.3, -0.25) is 18.8 Å². The van der Waals surface area contributed by atoms with Gasteiger partial charge in [0.15, 0.2) is 10.9 Å². The molecule has 0 spiro atoms. The van der Waals surface area contributed by atoms with Crippen molar-refractivity contribution in [2.45, 2.75) is 25.4 Å².